The number of carbonyl (C=O) groups excluding carboxylic acids is 1. The van der Waals surface area contributed by atoms with Gasteiger partial charge in [-0.15, -0.1) is 0 Å². The van der Waals surface area contributed by atoms with Crippen molar-refractivity contribution in [3.63, 3.8) is 0 Å². The van der Waals surface area contributed by atoms with Crippen LogP contribution in [0.3, 0.4) is 0 Å². The van der Waals surface area contributed by atoms with Gasteiger partial charge in [0.05, 0.1) is 12.2 Å². The second-order valence-electron chi connectivity index (χ2n) is 5.03. The minimum Gasteiger partial charge on any atom is -0.328 e. The van der Waals surface area contributed by atoms with Crippen molar-refractivity contribution >= 4 is 17.7 Å². The molecule has 1 saturated heterocycles. The van der Waals surface area contributed by atoms with Crippen molar-refractivity contribution in [3.05, 3.63) is 0 Å². The van der Waals surface area contributed by atoms with Gasteiger partial charge in [-0.25, -0.2) is 0 Å². The molecule has 92 valence electrons. The molecule has 0 aromatic carbocycles. The van der Waals surface area contributed by atoms with Crippen LogP contribution in [0.15, 0.2) is 0 Å². The monoisotopic (exact) mass is 242 g/mol. The Labute approximate surface area is 102 Å². The van der Waals surface area contributed by atoms with Crippen molar-refractivity contribution in [1.82, 2.24) is 10.2 Å². The van der Waals surface area contributed by atoms with E-state index in [-0.39, 0.29) is 5.54 Å². The quantitative estimate of drug-likeness (QED) is 0.816. The van der Waals surface area contributed by atoms with E-state index in [4.69, 9.17) is 0 Å². The highest BCUT2D eigenvalue weighted by Gasteiger charge is 2.47. The molecule has 0 radical (unpaired) electrons. The van der Waals surface area contributed by atoms with Gasteiger partial charge in [-0.3, -0.25) is 10.1 Å². The molecule has 1 heterocycles. The van der Waals surface area contributed by atoms with Crippen LogP contribution in [0.4, 0.5) is 0 Å². The second-order valence-corrected chi connectivity index (χ2v) is 6.30. The maximum atomic E-state index is 12.3. The van der Waals surface area contributed by atoms with E-state index in [2.05, 4.69) is 18.5 Å². The molecule has 16 heavy (non-hydrogen) atoms. The van der Waals surface area contributed by atoms with Crippen LogP contribution < -0.4 is 5.32 Å². The molecule has 1 aliphatic heterocycles. The standard InChI is InChI=1S/C12H22N2OS/c1-10(16-2)5-8-14-9-13-12(11(14)15)6-3-4-7-12/h10,13H,3-9H2,1-2H3. The molecule has 4 heteroatoms. The number of thioether (sulfide) groups is 1. The third-order valence-corrected chi connectivity index (χ3v) is 5.01. The first-order valence-corrected chi connectivity index (χ1v) is 7.54. The average Bonchev–Trinajstić information content (AvgIpc) is 2.88. The van der Waals surface area contributed by atoms with Crippen molar-refractivity contribution in [1.29, 1.82) is 0 Å². The van der Waals surface area contributed by atoms with Gasteiger partial charge in [0.25, 0.3) is 0 Å². The van der Waals surface area contributed by atoms with E-state index in [0.29, 0.717) is 11.2 Å². The Hall–Kier alpha value is -0.220. The van der Waals surface area contributed by atoms with E-state index in [1.807, 2.05) is 16.7 Å². The lowest BCUT2D eigenvalue weighted by Gasteiger charge is -2.22. The van der Waals surface area contributed by atoms with E-state index in [9.17, 15) is 4.79 Å². The number of amides is 1. The van der Waals surface area contributed by atoms with Gasteiger partial charge in [0, 0.05) is 11.8 Å². The summed E-state index contributed by atoms with van der Waals surface area (Å²) in [6.07, 6.45) is 7.72. The van der Waals surface area contributed by atoms with Gasteiger partial charge in [0.15, 0.2) is 0 Å². The summed E-state index contributed by atoms with van der Waals surface area (Å²) in [4.78, 5) is 14.3. The number of rotatable bonds is 4. The van der Waals surface area contributed by atoms with E-state index >= 15 is 0 Å². The summed E-state index contributed by atoms with van der Waals surface area (Å²) in [6.45, 7) is 3.90. The van der Waals surface area contributed by atoms with Crippen LogP contribution in [0, 0.1) is 0 Å². The van der Waals surface area contributed by atoms with E-state index < -0.39 is 0 Å². The molecule has 0 aromatic rings. The number of nitrogens with one attached hydrogen (secondary N) is 1. The highest BCUT2D eigenvalue weighted by molar-refractivity contribution is 7.99. The average molecular weight is 242 g/mol. The molecule has 1 aliphatic carbocycles. The van der Waals surface area contributed by atoms with Crippen LogP contribution in [0.25, 0.3) is 0 Å². The third kappa shape index (κ3) is 2.23. The smallest absolute Gasteiger partial charge is 0.243 e. The Morgan fingerprint density at radius 3 is 2.81 bits per heavy atom. The van der Waals surface area contributed by atoms with Crippen LogP contribution in [-0.4, -0.2) is 41.1 Å². The molecule has 0 bridgehead atoms. The van der Waals surface area contributed by atoms with Crippen LogP contribution in [0.2, 0.25) is 0 Å². The largest absolute Gasteiger partial charge is 0.328 e. The van der Waals surface area contributed by atoms with E-state index in [1.165, 1.54) is 12.8 Å². The molecule has 1 saturated carbocycles. The molecular weight excluding hydrogens is 220 g/mol. The minimum atomic E-state index is -0.164. The summed E-state index contributed by atoms with van der Waals surface area (Å²) in [5, 5.41) is 4.09. The van der Waals surface area contributed by atoms with Gasteiger partial charge in [0.1, 0.15) is 0 Å². The molecule has 1 amide bonds. The SMILES string of the molecule is CSC(C)CCN1CNC2(CCCC2)C1=O. The van der Waals surface area contributed by atoms with Crippen molar-refractivity contribution in [2.24, 2.45) is 0 Å². The molecule has 1 unspecified atom stereocenters. The third-order valence-electron chi connectivity index (χ3n) is 3.97. The zero-order valence-corrected chi connectivity index (χ0v) is 11.1. The first-order chi connectivity index (χ1) is 7.68. The zero-order valence-electron chi connectivity index (χ0n) is 10.3. The summed E-state index contributed by atoms with van der Waals surface area (Å²) >= 11 is 1.87. The van der Waals surface area contributed by atoms with Gasteiger partial charge < -0.3 is 4.90 Å². The summed E-state index contributed by atoms with van der Waals surface area (Å²) in [5.41, 5.74) is -0.164. The van der Waals surface area contributed by atoms with E-state index in [1.54, 1.807) is 0 Å². The topological polar surface area (TPSA) is 32.3 Å². The molecule has 1 spiro atoms. The number of nitrogens with zero attached hydrogens (tertiary/aromatic N) is 1. The first kappa shape index (κ1) is 12.2. The lowest BCUT2D eigenvalue weighted by atomic mass is 9.98. The van der Waals surface area contributed by atoms with Gasteiger partial charge >= 0.3 is 0 Å². The molecule has 1 atom stereocenters. The molecule has 2 fully saturated rings. The van der Waals surface area contributed by atoms with Crippen molar-refractivity contribution in [2.75, 3.05) is 19.5 Å². The van der Waals surface area contributed by atoms with Gasteiger partial charge in [-0.05, 0) is 25.5 Å². The molecule has 2 rings (SSSR count). The van der Waals surface area contributed by atoms with Crippen LogP contribution in [0.5, 0.6) is 0 Å². The fourth-order valence-electron chi connectivity index (χ4n) is 2.70. The van der Waals surface area contributed by atoms with Crippen molar-refractivity contribution < 1.29 is 4.79 Å². The predicted molar refractivity (Wildman–Crippen MR) is 68.5 cm³/mol. The second kappa shape index (κ2) is 4.96. The molecule has 0 aromatic heterocycles. The van der Waals surface area contributed by atoms with Gasteiger partial charge in [-0.2, -0.15) is 11.8 Å². The Morgan fingerprint density at radius 2 is 2.19 bits per heavy atom. The number of hydrogen-bond acceptors (Lipinski definition) is 3. The molecule has 2 aliphatic rings. The molecule has 3 nitrogen and oxygen atoms in total. The minimum absolute atomic E-state index is 0.164. The maximum absolute atomic E-state index is 12.3. The van der Waals surface area contributed by atoms with Crippen LogP contribution in [0.1, 0.15) is 39.0 Å². The molecular formula is C12H22N2OS. The first-order valence-electron chi connectivity index (χ1n) is 6.25. The van der Waals surface area contributed by atoms with Crippen LogP contribution >= 0.6 is 11.8 Å². The Kier molecular flexibility index (Phi) is 3.80. The van der Waals surface area contributed by atoms with Crippen molar-refractivity contribution in [2.45, 2.75) is 49.8 Å². The van der Waals surface area contributed by atoms with Crippen molar-refractivity contribution in [3.8, 4) is 0 Å². The fourth-order valence-corrected chi connectivity index (χ4v) is 3.04. The highest BCUT2D eigenvalue weighted by Crippen LogP contribution is 2.34. The Balaban J connectivity index is 1.87. The van der Waals surface area contributed by atoms with Crippen LogP contribution in [-0.2, 0) is 4.79 Å². The summed E-state index contributed by atoms with van der Waals surface area (Å²) < 4.78 is 0. The number of hydrogen-bond donors (Lipinski definition) is 1. The summed E-state index contributed by atoms with van der Waals surface area (Å²) in [7, 11) is 0. The normalized spacial score (nSPS) is 25.6. The predicted octanol–water partition coefficient (Wildman–Crippen LogP) is 1.83. The van der Waals surface area contributed by atoms with E-state index in [0.717, 1.165) is 32.5 Å². The lowest BCUT2D eigenvalue weighted by Crippen LogP contribution is -2.44. The zero-order chi connectivity index (χ0) is 11.6. The Morgan fingerprint density at radius 1 is 1.50 bits per heavy atom. The summed E-state index contributed by atoms with van der Waals surface area (Å²) in [6, 6.07) is 0. The Bertz CT molecular complexity index is 264. The van der Waals surface area contributed by atoms with Gasteiger partial charge in [0.2, 0.25) is 5.91 Å². The fraction of sp³-hybridized carbons (Fsp3) is 0.917. The highest BCUT2D eigenvalue weighted by atomic mass is 32.2. The lowest BCUT2D eigenvalue weighted by molar-refractivity contribution is -0.132. The maximum Gasteiger partial charge on any atom is 0.243 e. The van der Waals surface area contributed by atoms with Gasteiger partial charge in [-0.1, -0.05) is 19.8 Å². The summed E-state index contributed by atoms with van der Waals surface area (Å²) in [5.74, 6) is 0.360. The molecule has 1 N–H and O–H groups in total. The number of carbonyl (C=O) groups is 1.